The van der Waals surface area contributed by atoms with Gasteiger partial charge in [0, 0.05) is 6.04 Å². The van der Waals surface area contributed by atoms with Gasteiger partial charge in [-0.25, -0.2) is 0 Å². The van der Waals surface area contributed by atoms with E-state index >= 15 is 0 Å². The summed E-state index contributed by atoms with van der Waals surface area (Å²) in [7, 11) is 0. The molecule has 2 atom stereocenters. The van der Waals surface area contributed by atoms with Crippen molar-refractivity contribution in [2.45, 2.75) is 31.0 Å². The number of nitrogens with zero attached hydrogens (tertiary/aromatic N) is 1. The molecule has 1 aromatic carbocycles. The first kappa shape index (κ1) is 8.92. The zero-order chi connectivity index (χ0) is 10.4. The minimum atomic E-state index is -0.326. The van der Waals surface area contributed by atoms with Gasteiger partial charge in [0.2, 0.25) is 5.91 Å². The minimum absolute atomic E-state index is 0.117. The Hall–Kier alpha value is -1.35. The summed E-state index contributed by atoms with van der Waals surface area (Å²) >= 11 is 0. The van der Waals surface area contributed by atoms with Gasteiger partial charge in [-0.05, 0) is 18.4 Å². The zero-order valence-corrected chi connectivity index (χ0v) is 8.47. The first-order chi connectivity index (χ1) is 7.29. The second-order valence-electron chi connectivity index (χ2n) is 4.36. The lowest BCUT2D eigenvalue weighted by Crippen LogP contribution is -2.63. The van der Waals surface area contributed by atoms with E-state index in [4.69, 9.17) is 5.73 Å². The number of rotatable bonds is 2. The number of amides is 1. The lowest BCUT2D eigenvalue weighted by atomic mass is 9.89. The molecule has 1 aliphatic heterocycles. The van der Waals surface area contributed by atoms with E-state index in [1.807, 2.05) is 35.2 Å². The molecule has 2 fully saturated rings. The average molecular weight is 202 g/mol. The molecular weight excluding hydrogens is 188 g/mol. The highest BCUT2D eigenvalue weighted by molar-refractivity contribution is 5.90. The SMILES string of the molecule is N[C@@H]1C(=O)N(C2CC2)[C@H]1c1ccccc1. The van der Waals surface area contributed by atoms with Crippen LogP contribution in [0, 0.1) is 0 Å². The van der Waals surface area contributed by atoms with Crippen LogP contribution in [0.1, 0.15) is 24.4 Å². The van der Waals surface area contributed by atoms with Gasteiger partial charge in [0.15, 0.2) is 0 Å². The zero-order valence-electron chi connectivity index (χ0n) is 8.47. The van der Waals surface area contributed by atoms with E-state index in [9.17, 15) is 4.79 Å². The molecule has 1 amide bonds. The Balaban J connectivity index is 1.88. The van der Waals surface area contributed by atoms with Crippen LogP contribution in [0.2, 0.25) is 0 Å². The maximum atomic E-state index is 11.6. The first-order valence-electron chi connectivity index (χ1n) is 5.42. The van der Waals surface area contributed by atoms with Gasteiger partial charge in [0.1, 0.15) is 6.04 Å². The second kappa shape index (κ2) is 3.07. The Morgan fingerprint density at radius 3 is 2.47 bits per heavy atom. The fourth-order valence-electron chi connectivity index (χ4n) is 2.31. The quantitative estimate of drug-likeness (QED) is 0.729. The maximum Gasteiger partial charge on any atom is 0.242 e. The number of carbonyl (C=O) groups is 1. The summed E-state index contributed by atoms with van der Waals surface area (Å²) in [6, 6.07) is 10.3. The monoisotopic (exact) mass is 202 g/mol. The molecule has 3 rings (SSSR count). The number of β-lactam (4-membered cyclic amide) rings is 1. The van der Waals surface area contributed by atoms with E-state index in [1.54, 1.807) is 0 Å². The Morgan fingerprint density at radius 2 is 1.87 bits per heavy atom. The number of likely N-dealkylation sites (tertiary alicyclic amines) is 1. The smallest absolute Gasteiger partial charge is 0.242 e. The van der Waals surface area contributed by atoms with Gasteiger partial charge in [0.05, 0.1) is 6.04 Å². The summed E-state index contributed by atoms with van der Waals surface area (Å²) < 4.78 is 0. The highest BCUT2D eigenvalue weighted by Crippen LogP contribution is 2.42. The van der Waals surface area contributed by atoms with Crippen molar-refractivity contribution in [3.63, 3.8) is 0 Å². The third kappa shape index (κ3) is 1.27. The van der Waals surface area contributed by atoms with Gasteiger partial charge in [-0.15, -0.1) is 0 Å². The molecule has 78 valence electrons. The van der Waals surface area contributed by atoms with Gasteiger partial charge in [0.25, 0.3) is 0 Å². The normalized spacial score (nSPS) is 30.2. The molecule has 3 heteroatoms. The molecule has 1 aromatic rings. The molecule has 0 radical (unpaired) electrons. The molecule has 3 nitrogen and oxygen atoms in total. The third-order valence-corrected chi connectivity index (χ3v) is 3.26. The van der Waals surface area contributed by atoms with Gasteiger partial charge in [-0.1, -0.05) is 30.3 Å². The lowest BCUT2D eigenvalue weighted by molar-refractivity contribution is -0.150. The molecule has 1 saturated heterocycles. The van der Waals surface area contributed by atoms with Crippen molar-refractivity contribution in [1.82, 2.24) is 4.90 Å². The van der Waals surface area contributed by atoms with Crippen LogP contribution in [0.15, 0.2) is 30.3 Å². The van der Waals surface area contributed by atoms with Crippen molar-refractivity contribution in [3.8, 4) is 0 Å². The summed E-state index contributed by atoms with van der Waals surface area (Å²) in [6.45, 7) is 0. The molecular formula is C12H14N2O. The van der Waals surface area contributed by atoms with Crippen molar-refractivity contribution in [1.29, 1.82) is 0 Å². The van der Waals surface area contributed by atoms with Crippen LogP contribution in [0.4, 0.5) is 0 Å². The summed E-state index contributed by atoms with van der Waals surface area (Å²) in [4.78, 5) is 13.6. The van der Waals surface area contributed by atoms with Crippen molar-refractivity contribution in [2.75, 3.05) is 0 Å². The molecule has 1 heterocycles. The van der Waals surface area contributed by atoms with Crippen LogP contribution in [0.5, 0.6) is 0 Å². The van der Waals surface area contributed by atoms with E-state index in [1.165, 1.54) is 0 Å². The van der Waals surface area contributed by atoms with Crippen molar-refractivity contribution >= 4 is 5.91 Å². The van der Waals surface area contributed by atoms with Gasteiger partial charge in [-0.3, -0.25) is 4.79 Å². The molecule has 15 heavy (non-hydrogen) atoms. The maximum absolute atomic E-state index is 11.6. The van der Waals surface area contributed by atoms with Crippen molar-refractivity contribution in [3.05, 3.63) is 35.9 Å². The van der Waals surface area contributed by atoms with Gasteiger partial charge in [-0.2, -0.15) is 0 Å². The Labute approximate surface area is 88.9 Å². The van der Waals surface area contributed by atoms with Crippen LogP contribution in [0.25, 0.3) is 0 Å². The Bertz CT molecular complexity index is 386. The summed E-state index contributed by atoms with van der Waals surface area (Å²) in [5, 5.41) is 0. The molecule has 0 spiro atoms. The van der Waals surface area contributed by atoms with E-state index in [0.29, 0.717) is 6.04 Å². The second-order valence-corrected chi connectivity index (χ2v) is 4.36. The Kier molecular flexibility index (Phi) is 1.83. The molecule has 2 N–H and O–H groups in total. The van der Waals surface area contributed by atoms with Crippen LogP contribution in [0.3, 0.4) is 0 Å². The first-order valence-corrected chi connectivity index (χ1v) is 5.42. The molecule has 2 aliphatic rings. The van der Waals surface area contributed by atoms with Gasteiger partial charge >= 0.3 is 0 Å². The summed E-state index contributed by atoms with van der Waals surface area (Å²) in [5.74, 6) is 0.117. The standard InChI is InChI=1S/C12H14N2O/c13-10-11(8-4-2-1-3-5-8)14(12(10)15)9-6-7-9/h1-5,9-11H,6-7,13H2/t10-,11-/m0/s1. The van der Waals surface area contributed by atoms with Gasteiger partial charge < -0.3 is 10.6 Å². The highest BCUT2D eigenvalue weighted by Gasteiger charge is 2.51. The number of nitrogens with two attached hydrogens (primary N) is 1. The predicted molar refractivity (Wildman–Crippen MR) is 57.0 cm³/mol. The number of hydrogen-bond acceptors (Lipinski definition) is 2. The largest absolute Gasteiger partial charge is 0.329 e. The number of carbonyl (C=O) groups excluding carboxylic acids is 1. The van der Waals surface area contributed by atoms with Crippen LogP contribution < -0.4 is 5.73 Å². The third-order valence-electron chi connectivity index (χ3n) is 3.26. The topological polar surface area (TPSA) is 46.3 Å². The highest BCUT2D eigenvalue weighted by atomic mass is 16.2. The molecule has 0 unspecified atom stereocenters. The molecule has 1 aliphatic carbocycles. The fourth-order valence-corrected chi connectivity index (χ4v) is 2.31. The Morgan fingerprint density at radius 1 is 1.20 bits per heavy atom. The van der Waals surface area contributed by atoms with Crippen molar-refractivity contribution in [2.24, 2.45) is 5.73 Å². The van der Waals surface area contributed by atoms with Crippen LogP contribution in [-0.4, -0.2) is 22.9 Å². The van der Waals surface area contributed by atoms with E-state index in [-0.39, 0.29) is 18.0 Å². The fraction of sp³-hybridized carbons (Fsp3) is 0.417. The molecule has 0 bridgehead atoms. The summed E-state index contributed by atoms with van der Waals surface area (Å²) in [6.07, 6.45) is 2.28. The van der Waals surface area contributed by atoms with E-state index < -0.39 is 0 Å². The lowest BCUT2D eigenvalue weighted by Gasteiger charge is -2.46. The number of benzene rings is 1. The predicted octanol–water partition coefficient (Wildman–Crippen LogP) is 1.06. The number of hydrogen-bond donors (Lipinski definition) is 1. The molecule has 1 saturated carbocycles. The van der Waals surface area contributed by atoms with E-state index in [2.05, 4.69) is 0 Å². The van der Waals surface area contributed by atoms with E-state index in [0.717, 1.165) is 18.4 Å². The van der Waals surface area contributed by atoms with Crippen LogP contribution in [-0.2, 0) is 4.79 Å². The average Bonchev–Trinajstić information content (AvgIpc) is 3.09. The molecule has 0 aromatic heterocycles. The van der Waals surface area contributed by atoms with Crippen molar-refractivity contribution < 1.29 is 4.79 Å². The van der Waals surface area contributed by atoms with Crippen LogP contribution >= 0.6 is 0 Å². The minimum Gasteiger partial charge on any atom is -0.329 e. The summed E-state index contributed by atoms with van der Waals surface area (Å²) in [5.41, 5.74) is 7.03.